The molecule has 2 heterocycles. The second-order valence-electron chi connectivity index (χ2n) is 17.1. The summed E-state index contributed by atoms with van der Waals surface area (Å²) in [6.45, 7) is 5.35. The van der Waals surface area contributed by atoms with Gasteiger partial charge in [-0.2, -0.15) is 0 Å². The van der Waals surface area contributed by atoms with Gasteiger partial charge in [-0.3, -0.25) is 4.79 Å². The zero-order valence-electron chi connectivity index (χ0n) is 38.7. The Hall–Kier alpha value is -5.57. The summed E-state index contributed by atoms with van der Waals surface area (Å²) in [5, 5.41) is 0. The van der Waals surface area contributed by atoms with E-state index >= 15 is 0 Å². The lowest BCUT2D eigenvalue weighted by Gasteiger charge is -2.49. The quantitative estimate of drug-likeness (QED) is 0.0574. The van der Waals surface area contributed by atoms with Crippen molar-refractivity contribution in [3.63, 3.8) is 0 Å². The van der Waals surface area contributed by atoms with Gasteiger partial charge in [0.15, 0.2) is 12.4 Å². The van der Waals surface area contributed by atoms with Gasteiger partial charge < -0.3 is 47.4 Å². The van der Waals surface area contributed by atoms with E-state index in [-0.39, 0.29) is 39.6 Å². The van der Waals surface area contributed by atoms with Crippen molar-refractivity contribution in [2.45, 2.75) is 115 Å². The number of benzene rings is 6. The molecule has 0 amide bonds. The lowest BCUT2D eigenvalue weighted by molar-refractivity contribution is -0.356. The van der Waals surface area contributed by atoms with Crippen LogP contribution in [-0.2, 0) is 91.8 Å². The lowest BCUT2D eigenvalue weighted by atomic mass is 9.94. The Labute approximate surface area is 400 Å². The molecular weight excluding hydrogens is 861 g/mol. The molecule has 356 valence electrons. The van der Waals surface area contributed by atoms with Gasteiger partial charge >= 0.3 is 5.97 Å². The number of carbonyl (C=O) groups excluding carboxylic acids is 1. The molecule has 11 nitrogen and oxygen atoms in total. The van der Waals surface area contributed by atoms with Crippen LogP contribution in [0.1, 0.15) is 47.2 Å². The summed E-state index contributed by atoms with van der Waals surface area (Å²) in [6.07, 6.45) is -8.02. The molecule has 2 saturated heterocycles. The fourth-order valence-corrected chi connectivity index (χ4v) is 8.60. The van der Waals surface area contributed by atoms with Gasteiger partial charge in [-0.1, -0.05) is 182 Å². The number of hydrogen-bond acceptors (Lipinski definition) is 11. The topological polar surface area (TPSA) is 109 Å². The molecule has 6 aromatic carbocycles. The Balaban J connectivity index is 1.13. The molecule has 68 heavy (non-hydrogen) atoms. The fourth-order valence-electron chi connectivity index (χ4n) is 8.60. The molecule has 10 atom stereocenters. The van der Waals surface area contributed by atoms with E-state index in [2.05, 4.69) is 0 Å². The average Bonchev–Trinajstić information content (AvgIpc) is 3.37. The summed E-state index contributed by atoms with van der Waals surface area (Å²) < 4.78 is 67.5. The first-order valence-corrected chi connectivity index (χ1v) is 23.5. The maximum Gasteiger partial charge on any atom is 0.303 e. The van der Waals surface area contributed by atoms with Crippen molar-refractivity contribution in [2.75, 3.05) is 13.2 Å². The van der Waals surface area contributed by atoms with Crippen molar-refractivity contribution in [1.82, 2.24) is 0 Å². The van der Waals surface area contributed by atoms with Crippen LogP contribution in [0.3, 0.4) is 0 Å². The van der Waals surface area contributed by atoms with Crippen LogP contribution in [0.25, 0.3) is 0 Å². The van der Waals surface area contributed by atoms with Crippen LogP contribution < -0.4 is 0 Å². The molecule has 6 aromatic rings. The molecule has 5 unspecified atom stereocenters. The van der Waals surface area contributed by atoms with E-state index in [9.17, 15) is 4.79 Å². The summed E-state index contributed by atoms with van der Waals surface area (Å²) in [4.78, 5) is 13.2. The van der Waals surface area contributed by atoms with Crippen LogP contribution in [0.4, 0.5) is 0 Å². The normalized spacial score (nSPS) is 24.9. The maximum atomic E-state index is 13.2. The average molecular weight is 923 g/mol. The molecular formula is C57H62O11. The SMILES string of the molecule is CC(=O)O[C@@H]1C(OCc2ccccc2)[C@@H](OCc2ccccc2)C(COCc2ccccc2)O[C@H]1O[C@H]1C(C)OC(COCc2ccccc2)[C@H](OCc2ccccc2)C1OCc1ccccc1. The standard InChI is InChI=1S/C57H62O11/c1-41-51(54(63-37-47-29-17-7-18-30-47)52(61-35-45-25-13-5-14-26-45)49(65-41)39-59-33-43-21-9-3-10-22-43)68-57-56(66-42(2)58)55(64-38-48-31-19-8-20-32-48)53(62-36-46-27-15-6-16-28-46)50(67-57)40-60-34-44-23-11-4-12-24-44/h3-32,41,49-57H,33-40H2,1-2H3/t41?,49?,50?,51-,52-,53-,54?,55?,56+,57-/m0/s1. The number of rotatable bonds is 23. The van der Waals surface area contributed by atoms with Crippen LogP contribution >= 0.6 is 0 Å². The molecule has 0 spiro atoms. The van der Waals surface area contributed by atoms with E-state index in [1.807, 2.05) is 189 Å². The molecule has 0 aliphatic carbocycles. The third-order valence-electron chi connectivity index (χ3n) is 12.0. The minimum Gasteiger partial charge on any atom is -0.454 e. The number of ether oxygens (including phenoxy) is 10. The summed E-state index contributed by atoms with van der Waals surface area (Å²) in [5.41, 5.74) is 5.88. The molecule has 0 saturated carbocycles. The van der Waals surface area contributed by atoms with Gasteiger partial charge in [0.1, 0.15) is 42.7 Å². The van der Waals surface area contributed by atoms with E-state index < -0.39 is 67.2 Å². The Bertz CT molecular complexity index is 2330. The lowest BCUT2D eigenvalue weighted by Crippen LogP contribution is -2.66. The molecule has 2 fully saturated rings. The van der Waals surface area contributed by atoms with E-state index in [1.165, 1.54) is 6.92 Å². The number of hydrogen-bond donors (Lipinski definition) is 0. The first kappa shape index (κ1) is 48.9. The maximum absolute atomic E-state index is 13.2. The Morgan fingerprint density at radius 3 is 1.06 bits per heavy atom. The van der Waals surface area contributed by atoms with E-state index in [1.54, 1.807) is 0 Å². The third kappa shape index (κ3) is 14.2. The second-order valence-corrected chi connectivity index (χ2v) is 17.1. The summed E-state index contributed by atoms with van der Waals surface area (Å²) in [7, 11) is 0. The zero-order chi connectivity index (χ0) is 46.8. The van der Waals surface area contributed by atoms with Crippen molar-refractivity contribution < 1.29 is 52.2 Å². The molecule has 11 heteroatoms. The number of carbonyl (C=O) groups is 1. The highest BCUT2D eigenvalue weighted by atomic mass is 16.7. The van der Waals surface area contributed by atoms with Gasteiger partial charge in [-0.25, -0.2) is 0 Å². The summed E-state index contributed by atoms with van der Waals surface area (Å²) in [5.74, 6) is -0.536. The molecule has 2 aliphatic rings. The molecule has 8 rings (SSSR count). The predicted octanol–water partition coefficient (Wildman–Crippen LogP) is 9.59. The Morgan fingerprint density at radius 1 is 0.397 bits per heavy atom. The zero-order valence-corrected chi connectivity index (χ0v) is 38.7. The van der Waals surface area contributed by atoms with Gasteiger partial charge in [-0.05, 0) is 40.3 Å². The first-order valence-electron chi connectivity index (χ1n) is 23.5. The van der Waals surface area contributed by atoms with Crippen LogP contribution in [0, 0.1) is 0 Å². The highest BCUT2D eigenvalue weighted by Crippen LogP contribution is 2.36. The third-order valence-corrected chi connectivity index (χ3v) is 12.0. The highest BCUT2D eigenvalue weighted by molar-refractivity contribution is 5.66. The Morgan fingerprint density at radius 2 is 0.706 bits per heavy atom. The van der Waals surface area contributed by atoms with Crippen molar-refractivity contribution in [1.29, 1.82) is 0 Å². The van der Waals surface area contributed by atoms with Crippen LogP contribution in [0.2, 0.25) is 0 Å². The minimum absolute atomic E-state index is 0.112. The summed E-state index contributed by atoms with van der Waals surface area (Å²) >= 11 is 0. The van der Waals surface area contributed by atoms with Crippen LogP contribution in [0.5, 0.6) is 0 Å². The fraction of sp³-hybridized carbons (Fsp3) is 0.351. The second kappa shape index (κ2) is 25.7. The first-order chi connectivity index (χ1) is 33.5. The summed E-state index contributed by atoms with van der Waals surface area (Å²) in [6, 6.07) is 59.6. The van der Waals surface area contributed by atoms with E-state index in [4.69, 9.17) is 47.4 Å². The van der Waals surface area contributed by atoms with Gasteiger partial charge in [0, 0.05) is 6.92 Å². The minimum atomic E-state index is -1.19. The predicted molar refractivity (Wildman–Crippen MR) is 256 cm³/mol. The van der Waals surface area contributed by atoms with Crippen LogP contribution in [0.15, 0.2) is 182 Å². The van der Waals surface area contributed by atoms with Gasteiger partial charge in [-0.15, -0.1) is 0 Å². The Kier molecular flexibility index (Phi) is 18.5. The largest absolute Gasteiger partial charge is 0.454 e. The molecule has 0 N–H and O–H groups in total. The van der Waals surface area contributed by atoms with Crippen LogP contribution in [-0.4, -0.2) is 80.4 Å². The monoisotopic (exact) mass is 922 g/mol. The molecule has 0 radical (unpaired) electrons. The number of esters is 1. The van der Waals surface area contributed by atoms with Gasteiger partial charge in [0.25, 0.3) is 0 Å². The van der Waals surface area contributed by atoms with E-state index in [0.717, 1.165) is 33.4 Å². The van der Waals surface area contributed by atoms with E-state index in [0.29, 0.717) is 13.2 Å². The van der Waals surface area contributed by atoms with Gasteiger partial charge in [0.2, 0.25) is 0 Å². The highest BCUT2D eigenvalue weighted by Gasteiger charge is 2.54. The van der Waals surface area contributed by atoms with Gasteiger partial charge in [0.05, 0.1) is 59.0 Å². The van der Waals surface area contributed by atoms with Crippen molar-refractivity contribution in [2.24, 2.45) is 0 Å². The molecule has 0 bridgehead atoms. The smallest absolute Gasteiger partial charge is 0.303 e. The van der Waals surface area contributed by atoms with Crippen molar-refractivity contribution >= 4 is 5.97 Å². The van der Waals surface area contributed by atoms with Crippen molar-refractivity contribution in [3.8, 4) is 0 Å². The molecule has 0 aromatic heterocycles. The molecule has 2 aliphatic heterocycles. The van der Waals surface area contributed by atoms with Crippen molar-refractivity contribution in [3.05, 3.63) is 215 Å².